The van der Waals surface area contributed by atoms with Crippen LogP contribution in [-0.4, -0.2) is 10.8 Å². The second-order valence-electron chi connectivity index (χ2n) is 5.51. The largest absolute Gasteiger partial charge is 0.346 e. The fraction of sp³-hybridized carbons (Fsp3) is 0.211. The molecule has 0 aliphatic heterocycles. The zero-order valence-electron chi connectivity index (χ0n) is 13.7. The number of rotatable bonds is 6. The summed E-state index contributed by atoms with van der Waals surface area (Å²) in [4.78, 5) is 22.1. The van der Waals surface area contributed by atoms with E-state index in [1.54, 1.807) is 18.2 Å². The van der Waals surface area contributed by atoms with Crippen LogP contribution < -0.4 is 5.32 Å². The van der Waals surface area contributed by atoms with Crippen LogP contribution in [0.4, 0.5) is 5.69 Å². The van der Waals surface area contributed by atoms with Gasteiger partial charge in [-0.2, -0.15) is 0 Å². The quantitative estimate of drug-likeness (QED) is 0.495. The molecule has 0 spiro atoms. The number of hydrogen-bond acceptors (Lipinski definition) is 3. The predicted octanol–water partition coefficient (Wildman–Crippen LogP) is 4.05. The molecule has 124 valence electrons. The van der Waals surface area contributed by atoms with Crippen LogP contribution in [0.3, 0.4) is 0 Å². The van der Waals surface area contributed by atoms with Crippen molar-refractivity contribution in [2.45, 2.75) is 26.3 Å². The van der Waals surface area contributed by atoms with E-state index >= 15 is 0 Å². The molecule has 0 aliphatic rings. The van der Waals surface area contributed by atoms with E-state index in [-0.39, 0.29) is 17.6 Å². The third kappa shape index (κ3) is 4.78. The van der Waals surface area contributed by atoms with Gasteiger partial charge in [0.15, 0.2) is 0 Å². The van der Waals surface area contributed by atoms with E-state index in [1.807, 2.05) is 19.1 Å². The number of benzene rings is 2. The molecule has 1 atom stereocenters. The van der Waals surface area contributed by atoms with Crippen LogP contribution >= 0.6 is 0 Å². The predicted molar refractivity (Wildman–Crippen MR) is 94.5 cm³/mol. The molecule has 5 heteroatoms. The fourth-order valence-corrected chi connectivity index (χ4v) is 2.27. The molecule has 0 unspecified atom stereocenters. The van der Waals surface area contributed by atoms with Gasteiger partial charge in [-0.25, -0.2) is 0 Å². The Kier molecular flexibility index (Phi) is 5.84. The summed E-state index contributed by atoms with van der Waals surface area (Å²) in [6.45, 7) is 4.03. The molecule has 0 aliphatic carbocycles. The smallest absolute Gasteiger partial charge is 0.269 e. The Morgan fingerprint density at radius 1 is 1.17 bits per heavy atom. The number of hydrogen-bond donors (Lipinski definition) is 1. The number of aryl methyl sites for hydroxylation is 1. The lowest BCUT2D eigenvalue weighted by Gasteiger charge is -2.13. The molecule has 0 bridgehead atoms. The summed E-state index contributed by atoms with van der Waals surface area (Å²) >= 11 is 0. The van der Waals surface area contributed by atoms with Crippen molar-refractivity contribution in [2.75, 3.05) is 0 Å². The van der Waals surface area contributed by atoms with E-state index in [0.717, 1.165) is 17.5 Å². The number of nitrogens with one attached hydrogen (secondary N) is 1. The molecule has 2 aromatic rings. The summed E-state index contributed by atoms with van der Waals surface area (Å²) in [5, 5.41) is 13.5. The van der Waals surface area contributed by atoms with Crippen LogP contribution in [-0.2, 0) is 11.2 Å². The fourth-order valence-electron chi connectivity index (χ4n) is 2.27. The number of non-ortho nitro benzene ring substituents is 1. The Bertz CT molecular complexity index is 734. The average molecular weight is 324 g/mol. The molecule has 0 saturated heterocycles. The second kappa shape index (κ2) is 8.06. The Morgan fingerprint density at radius 2 is 1.79 bits per heavy atom. The molecule has 5 nitrogen and oxygen atoms in total. The lowest BCUT2D eigenvalue weighted by atomic mass is 10.0. The molecule has 1 amide bonds. The molecular weight excluding hydrogens is 304 g/mol. The normalized spacial score (nSPS) is 12.1. The maximum Gasteiger partial charge on any atom is 0.269 e. The van der Waals surface area contributed by atoms with E-state index in [4.69, 9.17) is 0 Å². The molecule has 0 radical (unpaired) electrons. The van der Waals surface area contributed by atoms with Gasteiger partial charge in [-0.15, -0.1) is 0 Å². The minimum atomic E-state index is -0.453. The first kappa shape index (κ1) is 17.4. The van der Waals surface area contributed by atoms with Gasteiger partial charge in [0.05, 0.1) is 11.0 Å². The number of amides is 1. The van der Waals surface area contributed by atoms with Gasteiger partial charge < -0.3 is 5.32 Å². The minimum absolute atomic E-state index is 0.0285. The van der Waals surface area contributed by atoms with Crippen LogP contribution in [0.25, 0.3) is 6.08 Å². The van der Waals surface area contributed by atoms with Crippen LogP contribution in [0.2, 0.25) is 0 Å². The molecule has 24 heavy (non-hydrogen) atoms. The van der Waals surface area contributed by atoms with E-state index in [9.17, 15) is 14.9 Å². The molecule has 2 aromatic carbocycles. The SMILES string of the molecule is CCc1ccc([C@H](C)NC(=O)/C=C/c2ccc([N+](=O)[O-])cc2)cc1. The molecule has 0 aromatic heterocycles. The monoisotopic (exact) mass is 324 g/mol. The lowest BCUT2D eigenvalue weighted by Crippen LogP contribution is -2.24. The van der Waals surface area contributed by atoms with Crippen molar-refractivity contribution in [1.29, 1.82) is 0 Å². The topological polar surface area (TPSA) is 72.2 Å². The van der Waals surface area contributed by atoms with Crippen molar-refractivity contribution in [3.63, 3.8) is 0 Å². The highest BCUT2D eigenvalue weighted by molar-refractivity contribution is 5.92. The second-order valence-corrected chi connectivity index (χ2v) is 5.51. The summed E-state index contributed by atoms with van der Waals surface area (Å²) in [7, 11) is 0. The van der Waals surface area contributed by atoms with Gasteiger partial charge in [0, 0.05) is 18.2 Å². The first-order chi connectivity index (χ1) is 11.5. The number of nitro benzene ring substituents is 1. The zero-order valence-corrected chi connectivity index (χ0v) is 13.7. The van der Waals surface area contributed by atoms with Gasteiger partial charge in [-0.05, 0) is 48.2 Å². The maximum absolute atomic E-state index is 12.0. The van der Waals surface area contributed by atoms with E-state index in [0.29, 0.717) is 0 Å². The highest BCUT2D eigenvalue weighted by atomic mass is 16.6. The average Bonchev–Trinajstić information content (AvgIpc) is 2.60. The van der Waals surface area contributed by atoms with Gasteiger partial charge in [0.25, 0.3) is 5.69 Å². The Hall–Kier alpha value is -2.95. The molecular formula is C19H20N2O3. The van der Waals surface area contributed by atoms with Crippen molar-refractivity contribution in [1.82, 2.24) is 5.32 Å². The van der Waals surface area contributed by atoms with Crippen LogP contribution in [0.5, 0.6) is 0 Å². The van der Waals surface area contributed by atoms with Crippen LogP contribution in [0.15, 0.2) is 54.6 Å². The Balaban J connectivity index is 1.94. The third-order valence-corrected chi connectivity index (χ3v) is 3.78. The van der Waals surface area contributed by atoms with Gasteiger partial charge >= 0.3 is 0 Å². The summed E-state index contributed by atoms with van der Waals surface area (Å²) in [5.74, 6) is -0.208. The number of carbonyl (C=O) groups excluding carboxylic acids is 1. The number of nitro groups is 1. The van der Waals surface area contributed by atoms with Crippen LogP contribution in [0, 0.1) is 10.1 Å². The lowest BCUT2D eigenvalue weighted by molar-refractivity contribution is -0.384. The summed E-state index contributed by atoms with van der Waals surface area (Å²) in [6, 6.07) is 14.1. The van der Waals surface area contributed by atoms with Crippen molar-refractivity contribution in [3.05, 3.63) is 81.4 Å². The molecule has 2 rings (SSSR count). The van der Waals surface area contributed by atoms with Crippen molar-refractivity contribution in [3.8, 4) is 0 Å². The number of nitrogens with zero attached hydrogens (tertiary/aromatic N) is 1. The summed E-state index contributed by atoms with van der Waals surface area (Å²) < 4.78 is 0. The number of carbonyl (C=O) groups is 1. The Labute approximate surface area is 141 Å². The van der Waals surface area contributed by atoms with E-state index < -0.39 is 4.92 Å². The minimum Gasteiger partial charge on any atom is -0.346 e. The van der Waals surface area contributed by atoms with Gasteiger partial charge in [-0.1, -0.05) is 31.2 Å². The maximum atomic E-state index is 12.0. The van der Waals surface area contributed by atoms with Crippen LogP contribution in [0.1, 0.15) is 36.6 Å². The van der Waals surface area contributed by atoms with Crippen molar-refractivity contribution < 1.29 is 9.72 Å². The van der Waals surface area contributed by atoms with E-state index in [2.05, 4.69) is 24.4 Å². The third-order valence-electron chi connectivity index (χ3n) is 3.78. The zero-order chi connectivity index (χ0) is 17.5. The molecule has 0 heterocycles. The van der Waals surface area contributed by atoms with Crippen molar-refractivity contribution >= 4 is 17.7 Å². The highest BCUT2D eigenvalue weighted by Gasteiger charge is 2.07. The first-order valence-electron chi connectivity index (χ1n) is 7.81. The summed E-state index contributed by atoms with van der Waals surface area (Å²) in [5.41, 5.74) is 3.07. The van der Waals surface area contributed by atoms with Gasteiger partial charge in [-0.3, -0.25) is 14.9 Å². The van der Waals surface area contributed by atoms with Gasteiger partial charge in [0.2, 0.25) is 5.91 Å². The Morgan fingerprint density at radius 3 is 2.33 bits per heavy atom. The first-order valence-corrected chi connectivity index (χ1v) is 7.81. The molecule has 0 fully saturated rings. The van der Waals surface area contributed by atoms with E-state index in [1.165, 1.54) is 23.8 Å². The van der Waals surface area contributed by atoms with Gasteiger partial charge in [0.1, 0.15) is 0 Å². The molecule has 0 saturated carbocycles. The van der Waals surface area contributed by atoms with Crippen molar-refractivity contribution in [2.24, 2.45) is 0 Å². The standard InChI is InChI=1S/C19H20N2O3/c1-3-15-4-9-17(10-5-15)14(2)20-19(22)13-8-16-6-11-18(12-7-16)21(23)24/h4-14H,3H2,1-2H3,(H,20,22)/b13-8+/t14-/m0/s1. The summed E-state index contributed by atoms with van der Waals surface area (Å²) in [6.07, 6.45) is 4.04. The highest BCUT2D eigenvalue weighted by Crippen LogP contribution is 2.15. The molecule has 1 N–H and O–H groups in total.